The van der Waals surface area contributed by atoms with Crippen LogP contribution >= 0.6 is 11.9 Å². The Hall–Kier alpha value is -1.08. The Balaban J connectivity index is 2.03. The van der Waals surface area contributed by atoms with E-state index in [-0.39, 0.29) is 12.8 Å². The van der Waals surface area contributed by atoms with Crippen LogP contribution in [0.5, 0.6) is 0 Å². The Bertz CT molecular complexity index is 457. The molecule has 0 spiro atoms. The second-order valence-corrected chi connectivity index (χ2v) is 5.91. The molecule has 0 amide bonds. The van der Waals surface area contributed by atoms with Gasteiger partial charge >= 0.3 is 6.18 Å². The van der Waals surface area contributed by atoms with Crippen molar-refractivity contribution in [2.75, 3.05) is 30.8 Å². The zero-order valence-corrected chi connectivity index (χ0v) is 12.0. The quantitative estimate of drug-likeness (QED) is 0.664. The first-order valence-corrected chi connectivity index (χ1v) is 7.28. The summed E-state index contributed by atoms with van der Waals surface area (Å²) < 4.78 is 40.9. The molecule has 0 radical (unpaired) electrons. The molecule has 1 fully saturated rings. The van der Waals surface area contributed by atoms with E-state index < -0.39 is 12.1 Å². The molecule has 1 heterocycles. The van der Waals surface area contributed by atoms with Gasteiger partial charge in [-0.3, -0.25) is 4.72 Å². The topological polar surface area (TPSA) is 41.3 Å². The summed E-state index contributed by atoms with van der Waals surface area (Å²) in [6.07, 6.45) is -3.81. The molecule has 0 bridgehead atoms. The second kappa shape index (κ2) is 6.13. The lowest BCUT2D eigenvalue weighted by molar-refractivity contribution is -0.179. The maximum Gasteiger partial charge on any atom is 0.391 e. The van der Waals surface area contributed by atoms with Gasteiger partial charge in [-0.2, -0.15) is 13.2 Å². The first-order chi connectivity index (χ1) is 9.41. The average Bonchev–Trinajstić information content (AvgIpc) is 2.38. The van der Waals surface area contributed by atoms with Crippen molar-refractivity contribution in [3.05, 3.63) is 18.2 Å². The first-order valence-electron chi connectivity index (χ1n) is 6.46. The van der Waals surface area contributed by atoms with Gasteiger partial charge in [0, 0.05) is 18.0 Å². The standard InChI is InChI=1S/C13H18F3N3S/c1-18-20-10-2-3-12(11(17)8-10)19-6-4-9(5-7-19)13(14,15)16/h2-3,8-9,18H,4-7,17H2,1H3. The Morgan fingerprint density at radius 2 is 1.95 bits per heavy atom. The van der Waals surface area contributed by atoms with Crippen LogP contribution in [0.1, 0.15) is 12.8 Å². The molecule has 1 aliphatic heterocycles. The Labute approximate surface area is 120 Å². The Kier molecular flexibility index (Phi) is 4.70. The SMILES string of the molecule is CNSc1ccc(N2CCC(C(F)(F)F)CC2)c(N)c1. The van der Waals surface area contributed by atoms with Crippen molar-refractivity contribution in [2.24, 2.45) is 5.92 Å². The Morgan fingerprint density at radius 3 is 2.45 bits per heavy atom. The summed E-state index contributed by atoms with van der Waals surface area (Å²) in [6, 6.07) is 5.64. The highest BCUT2D eigenvalue weighted by molar-refractivity contribution is 7.97. The number of halogens is 3. The van der Waals surface area contributed by atoms with E-state index in [4.69, 9.17) is 5.73 Å². The lowest BCUT2D eigenvalue weighted by atomic mass is 9.96. The van der Waals surface area contributed by atoms with Crippen molar-refractivity contribution in [3.63, 3.8) is 0 Å². The number of benzene rings is 1. The van der Waals surface area contributed by atoms with Crippen LogP contribution in [0.25, 0.3) is 0 Å². The van der Waals surface area contributed by atoms with Crippen LogP contribution in [0.3, 0.4) is 0 Å². The molecule has 1 saturated heterocycles. The summed E-state index contributed by atoms with van der Waals surface area (Å²) in [4.78, 5) is 2.92. The van der Waals surface area contributed by atoms with Gasteiger partial charge in [-0.25, -0.2) is 0 Å². The highest BCUT2D eigenvalue weighted by Crippen LogP contribution is 2.37. The van der Waals surface area contributed by atoms with Gasteiger partial charge in [0.25, 0.3) is 0 Å². The van der Waals surface area contributed by atoms with E-state index in [1.165, 1.54) is 11.9 Å². The van der Waals surface area contributed by atoms with Gasteiger partial charge < -0.3 is 10.6 Å². The number of nitrogen functional groups attached to an aromatic ring is 1. The number of nitrogens with one attached hydrogen (secondary N) is 1. The molecule has 1 aliphatic rings. The molecular weight excluding hydrogens is 287 g/mol. The number of alkyl halides is 3. The van der Waals surface area contributed by atoms with Gasteiger partial charge in [0.1, 0.15) is 0 Å². The van der Waals surface area contributed by atoms with Gasteiger partial charge in [-0.15, -0.1) is 0 Å². The zero-order valence-electron chi connectivity index (χ0n) is 11.2. The molecule has 7 heteroatoms. The Morgan fingerprint density at radius 1 is 1.30 bits per heavy atom. The van der Waals surface area contributed by atoms with E-state index in [9.17, 15) is 13.2 Å². The molecule has 112 valence electrons. The van der Waals surface area contributed by atoms with Gasteiger partial charge in [0.2, 0.25) is 0 Å². The molecule has 0 saturated carbocycles. The van der Waals surface area contributed by atoms with Gasteiger partial charge in [0.15, 0.2) is 0 Å². The zero-order chi connectivity index (χ0) is 14.8. The molecule has 0 unspecified atom stereocenters. The van der Waals surface area contributed by atoms with Crippen LogP contribution in [0.4, 0.5) is 24.5 Å². The summed E-state index contributed by atoms with van der Waals surface area (Å²) in [5, 5.41) is 0. The number of nitrogens with zero attached hydrogens (tertiary/aromatic N) is 1. The number of piperidine rings is 1. The third-order valence-corrected chi connectivity index (χ3v) is 4.21. The van der Waals surface area contributed by atoms with Crippen molar-refractivity contribution in [2.45, 2.75) is 23.9 Å². The normalized spacial score (nSPS) is 17.5. The molecule has 2 rings (SSSR count). The fraction of sp³-hybridized carbons (Fsp3) is 0.538. The van der Waals surface area contributed by atoms with E-state index in [1.807, 2.05) is 30.1 Å². The summed E-state index contributed by atoms with van der Waals surface area (Å²) in [5.74, 6) is -1.18. The summed E-state index contributed by atoms with van der Waals surface area (Å²) in [7, 11) is 1.82. The van der Waals surface area contributed by atoms with Crippen molar-refractivity contribution in [3.8, 4) is 0 Å². The number of nitrogens with two attached hydrogens (primary N) is 1. The smallest absolute Gasteiger partial charge is 0.391 e. The highest BCUT2D eigenvalue weighted by atomic mass is 32.2. The maximum atomic E-state index is 12.6. The molecule has 3 N–H and O–H groups in total. The molecule has 3 nitrogen and oxygen atoms in total. The maximum absolute atomic E-state index is 12.6. The molecule has 0 atom stereocenters. The van der Waals surface area contributed by atoms with Crippen LogP contribution in [-0.4, -0.2) is 26.3 Å². The largest absolute Gasteiger partial charge is 0.397 e. The van der Waals surface area contributed by atoms with Crippen molar-refractivity contribution < 1.29 is 13.2 Å². The average molecular weight is 305 g/mol. The molecule has 0 aromatic heterocycles. The fourth-order valence-electron chi connectivity index (χ4n) is 2.45. The van der Waals surface area contributed by atoms with Crippen LogP contribution in [-0.2, 0) is 0 Å². The summed E-state index contributed by atoms with van der Waals surface area (Å²) in [6.45, 7) is 0.791. The number of hydrogen-bond donors (Lipinski definition) is 2. The van der Waals surface area contributed by atoms with E-state index in [0.717, 1.165) is 10.6 Å². The van der Waals surface area contributed by atoms with Crippen molar-refractivity contribution >= 4 is 23.3 Å². The monoisotopic (exact) mass is 305 g/mol. The minimum Gasteiger partial charge on any atom is -0.397 e. The minimum atomic E-state index is -4.08. The van der Waals surface area contributed by atoms with E-state index in [1.54, 1.807) is 0 Å². The van der Waals surface area contributed by atoms with Gasteiger partial charge in [-0.05, 0) is 50.0 Å². The lowest BCUT2D eigenvalue weighted by Crippen LogP contribution is -2.39. The van der Waals surface area contributed by atoms with Crippen molar-refractivity contribution in [1.29, 1.82) is 0 Å². The number of anilines is 2. The van der Waals surface area contributed by atoms with Gasteiger partial charge in [-0.1, -0.05) is 0 Å². The lowest BCUT2D eigenvalue weighted by Gasteiger charge is -2.35. The highest BCUT2D eigenvalue weighted by Gasteiger charge is 2.41. The molecule has 0 aliphatic carbocycles. The third-order valence-electron chi connectivity index (χ3n) is 3.52. The van der Waals surface area contributed by atoms with E-state index in [2.05, 4.69) is 4.72 Å². The van der Waals surface area contributed by atoms with E-state index >= 15 is 0 Å². The molecular formula is C13H18F3N3S. The molecule has 20 heavy (non-hydrogen) atoms. The van der Waals surface area contributed by atoms with Gasteiger partial charge in [0.05, 0.1) is 17.3 Å². The second-order valence-electron chi connectivity index (χ2n) is 4.83. The predicted molar refractivity (Wildman–Crippen MR) is 76.8 cm³/mol. The van der Waals surface area contributed by atoms with Crippen LogP contribution in [0.2, 0.25) is 0 Å². The number of rotatable bonds is 3. The van der Waals surface area contributed by atoms with E-state index in [0.29, 0.717) is 18.8 Å². The van der Waals surface area contributed by atoms with Crippen LogP contribution in [0.15, 0.2) is 23.1 Å². The first kappa shape index (κ1) is 15.3. The van der Waals surface area contributed by atoms with Crippen molar-refractivity contribution in [1.82, 2.24) is 4.72 Å². The molecule has 1 aromatic rings. The minimum absolute atomic E-state index is 0.135. The molecule has 1 aromatic carbocycles. The third kappa shape index (κ3) is 3.52. The summed E-state index contributed by atoms with van der Waals surface area (Å²) in [5.41, 5.74) is 7.43. The van der Waals surface area contributed by atoms with Crippen LogP contribution in [0, 0.1) is 5.92 Å². The summed E-state index contributed by atoms with van der Waals surface area (Å²) >= 11 is 1.45. The fourth-order valence-corrected chi connectivity index (χ4v) is 3.01. The number of hydrogen-bond acceptors (Lipinski definition) is 4. The predicted octanol–water partition coefficient (Wildman–Crippen LogP) is 3.27. The van der Waals surface area contributed by atoms with Crippen LogP contribution < -0.4 is 15.4 Å².